The van der Waals surface area contributed by atoms with Crippen LogP contribution in [0.5, 0.6) is 11.5 Å². The number of fused-ring (bicyclic) bond motifs is 1. The first-order valence-corrected chi connectivity index (χ1v) is 9.97. The Kier molecular flexibility index (Phi) is 5.79. The lowest BCUT2D eigenvalue weighted by Crippen LogP contribution is -2.33. The molecule has 1 fully saturated rings. The standard InChI is InChI=1S/C24H28N2O2/c1-27-21-12-6-13-22(28-2)23(21)24(26-16-7-14-25-15-17-26)20-11-5-9-18-8-3-4-10-19(18)20/h3-6,8-13,24-25H,7,14-17H2,1-2H3. The number of benzene rings is 3. The second-order valence-electron chi connectivity index (χ2n) is 7.19. The van der Waals surface area contributed by atoms with Crippen molar-refractivity contribution < 1.29 is 9.47 Å². The molecule has 1 heterocycles. The van der Waals surface area contributed by atoms with E-state index >= 15 is 0 Å². The minimum absolute atomic E-state index is 0.0668. The van der Waals surface area contributed by atoms with Crippen LogP contribution in [-0.2, 0) is 0 Å². The van der Waals surface area contributed by atoms with Crippen LogP contribution in [0.1, 0.15) is 23.6 Å². The summed E-state index contributed by atoms with van der Waals surface area (Å²) < 4.78 is 11.6. The lowest BCUT2D eigenvalue weighted by molar-refractivity contribution is 0.232. The van der Waals surface area contributed by atoms with E-state index in [4.69, 9.17) is 9.47 Å². The monoisotopic (exact) mass is 376 g/mol. The van der Waals surface area contributed by atoms with Crippen LogP contribution >= 0.6 is 0 Å². The molecule has 4 nitrogen and oxygen atoms in total. The van der Waals surface area contributed by atoms with Crippen molar-refractivity contribution in [3.05, 3.63) is 71.8 Å². The zero-order valence-electron chi connectivity index (χ0n) is 16.7. The molecule has 4 rings (SSSR count). The molecule has 0 bridgehead atoms. The van der Waals surface area contributed by atoms with Gasteiger partial charge in [-0.2, -0.15) is 0 Å². The maximum atomic E-state index is 5.80. The van der Waals surface area contributed by atoms with E-state index in [1.807, 2.05) is 18.2 Å². The van der Waals surface area contributed by atoms with Crippen molar-refractivity contribution in [3.8, 4) is 11.5 Å². The Balaban J connectivity index is 1.95. The molecule has 28 heavy (non-hydrogen) atoms. The largest absolute Gasteiger partial charge is 0.496 e. The molecule has 0 aromatic heterocycles. The van der Waals surface area contributed by atoms with E-state index in [1.165, 1.54) is 16.3 Å². The van der Waals surface area contributed by atoms with Crippen LogP contribution in [0.15, 0.2) is 60.7 Å². The maximum absolute atomic E-state index is 5.80. The topological polar surface area (TPSA) is 33.7 Å². The van der Waals surface area contributed by atoms with Gasteiger partial charge in [-0.25, -0.2) is 0 Å². The first kappa shape index (κ1) is 18.8. The highest BCUT2D eigenvalue weighted by molar-refractivity contribution is 5.86. The molecule has 4 heteroatoms. The first-order chi connectivity index (χ1) is 13.8. The number of nitrogens with one attached hydrogen (secondary N) is 1. The van der Waals surface area contributed by atoms with E-state index in [1.54, 1.807) is 14.2 Å². The fraction of sp³-hybridized carbons (Fsp3) is 0.333. The van der Waals surface area contributed by atoms with Gasteiger partial charge >= 0.3 is 0 Å². The van der Waals surface area contributed by atoms with Crippen LogP contribution < -0.4 is 14.8 Å². The SMILES string of the molecule is COc1cccc(OC)c1C(c1cccc2ccccc12)N1CCCNCC1. The maximum Gasteiger partial charge on any atom is 0.127 e. The summed E-state index contributed by atoms with van der Waals surface area (Å²) in [5, 5.41) is 6.06. The molecule has 0 spiro atoms. The third kappa shape index (κ3) is 3.58. The van der Waals surface area contributed by atoms with E-state index in [9.17, 15) is 0 Å². The van der Waals surface area contributed by atoms with Gasteiger partial charge in [0.25, 0.3) is 0 Å². The lowest BCUT2D eigenvalue weighted by Gasteiger charge is -2.33. The molecule has 0 radical (unpaired) electrons. The van der Waals surface area contributed by atoms with Crippen molar-refractivity contribution in [2.24, 2.45) is 0 Å². The summed E-state index contributed by atoms with van der Waals surface area (Å²) in [5.41, 5.74) is 2.40. The first-order valence-electron chi connectivity index (χ1n) is 9.97. The molecule has 0 amide bonds. The van der Waals surface area contributed by atoms with E-state index < -0.39 is 0 Å². The number of nitrogens with zero attached hydrogens (tertiary/aromatic N) is 1. The highest BCUT2D eigenvalue weighted by Crippen LogP contribution is 2.42. The molecule has 1 atom stereocenters. The van der Waals surface area contributed by atoms with Crippen LogP contribution in [0.25, 0.3) is 10.8 Å². The summed E-state index contributed by atoms with van der Waals surface area (Å²) in [4.78, 5) is 2.56. The fourth-order valence-electron chi connectivity index (χ4n) is 4.30. The van der Waals surface area contributed by atoms with Gasteiger partial charge in [-0.05, 0) is 41.4 Å². The highest BCUT2D eigenvalue weighted by atomic mass is 16.5. The van der Waals surface area contributed by atoms with Crippen LogP contribution in [0.2, 0.25) is 0 Å². The van der Waals surface area contributed by atoms with Crippen LogP contribution in [0.3, 0.4) is 0 Å². The summed E-state index contributed by atoms with van der Waals surface area (Å²) in [6.07, 6.45) is 1.12. The Morgan fingerprint density at radius 2 is 1.54 bits per heavy atom. The predicted molar refractivity (Wildman–Crippen MR) is 114 cm³/mol. The summed E-state index contributed by atoms with van der Waals surface area (Å²) in [5.74, 6) is 1.74. The molecular weight excluding hydrogens is 348 g/mol. The van der Waals surface area contributed by atoms with Gasteiger partial charge in [0.15, 0.2) is 0 Å². The lowest BCUT2D eigenvalue weighted by atomic mass is 9.91. The fourth-order valence-corrected chi connectivity index (χ4v) is 4.30. The van der Waals surface area contributed by atoms with Crippen molar-refractivity contribution >= 4 is 10.8 Å². The predicted octanol–water partition coefficient (Wildman–Crippen LogP) is 4.24. The normalized spacial score (nSPS) is 16.5. The Bertz CT molecular complexity index is 905. The molecule has 1 saturated heterocycles. The van der Waals surface area contributed by atoms with Crippen LogP contribution in [0, 0.1) is 0 Å². The molecule has 146 valence electrons. The molecule has 1 aliphatic rings. The molecule has 0 aliphatic carbocycles. The number of hydrogen-bond acceptors (Lipinski definition) is 4. The van der Waals surface area contributed by atoms with E-state index in [-0.39, 0.29) is 6.04 Å². The Hall–Kier alpha value is -2.56. The molecule has 1 unspecified atom stereocenters. The van der Waals surface area contributed by atoms with E-state index in [0.717, 1.165) is 49.7 Å². The average molecular weight is 377 g/mol. The molecule has 3 aromatic rings. The highest BCUT2D eigenvalue weighted by Gasteiger charge is 2.30. The summed E-state index contributed by atoms with van der Waals surface area (Å²) >= 11 is 0. The van der Waals surface area contributed by atoms with Gasteiger partial charge in [0.1, 0.15) is 11.5 Å². The Morgan fingerprint density at radius 3 is 2.32 bits per heavy atom. The van der Waals surface area contributed by atoms with E-state index in [0.29, 0.717) is 0 Å². The minimum atomic E-state index is 0.0668. The van der Waals surface area contributed by atoms with Gasteiger partial charge in [0, 0.05) is 19.6 Å². The molecule has 1 N–H and O–H groups in total. The molecular formula is C24H28N2O2. The van der Waals surface area contributed by atoms with Gasteiger partial charge in [-0.15, -0.1) is 0 Å². The van der Waals surface area contributed by atoms with E-state index in [2.05, 4.69) is 52.7 Å². The van der Waals surface area contributed by atoms with Gasteiger partial charge in [-0.3, -0.25) is 4.90 Å². The molecule has 0 saturated carbocycles. The van der Waals surface area contributed by atoms with Gasteiger partial charge in [0.05, 0.1) is 25.8 Å². The van der Waals surface area contributed by atoms with Crippen molar-refractivity contribution in [2.75, 3.05) is 40.4 Å². The Labute approximate surface area is 167 Å². The van der Waals surface area contributed by atoms with Gasteiger partial charge in [-0.1, -0.05) is 48.5 Å². The number of ether oxygens (including phenoxy) is 2. The quantitative estimate of drug-likeness (QED) is 0.722. The second-order valence-corrected chi connectivity index (χ2v) is 7.19. The Morgan fingerprint density at radius 1 is 0.821 bits per heavy atom. The minimum Gasteiger partial charge on any atom is -0.496 e. The summed E-state index contributed by atoms with van der Waals surface area (Å²) in [7, 11) is 3.48. The average Bonchev–Trinajstić information content (AvgIpc) is 3.03. The van der Waals surface area contributed by atoms with Gasteiger partial charge in [0.2, 0.25) is 0 Å². The van der Waals surface area contributed by atoms with Gasteiger partial charge < -0.3 is 14.8 Å². The van der Waals surface area contributed by atoms with Crippen molar-refractivity contribution in [1.82, 2.24) is 10.2 Å². The van der Waals surface area contributed by atoms with Crippen LogP contribution in [-0.4, -0.2) is 45.3 Å². The van der Waals surface area contributed by atoms with Crippen molar-refractivity contribution in [2.45, 2.75) is 12.5 Å². The third-order valence-corrected chi connectivity index (χ3v) is 5.60. The number of rotatable bonds is 5. The second kappa shape index (κ2) is 8.63. The smallest absolute Gasteiger partial charge is 0.127 e. The number of methoxy groups -OCH3 is 2. The number of hydrogen-bond donors (Lipinski definition) is 1. The zero-order chi connectivity index (χ0) is 19.3. The molecule has 3 aromatic carbocycles. The summed E-state index contributed by atoms with van der Waals surface area (Å²) in [6.45, 7) is 4.05. The third-order valence-electron chi connectivity index (χ3n) is 5.60. The van der Waals surface area contributed by atoms with Crippen molar-refractivity contribution in [1.29, 1.82) is 0 Å². The zero-order valence-corrected chi connectivity index (χ0v) is 16.7. The molecule has 1 aliphatic heterocycles. The van der Waals surface area contributed by atoms with Crippen LogP contribution in [0.4, 0.5) is 0 Å². The summed E-state index contributed by atoms with van der Waals surface area (Å²) in [6, 6.07) is 21.3. The van der Waals surface area contributed by atoms with Crippen molar-refractivity contribution in [3.63, 3.8) is 0 Å².